The van der Waals surface area contributed by atoms with Gasteiger partial charge in [0.25, 0.3) is 0 Å². The van der Waals surface area contributed by atoms with Gasteiger partial charge in [-0.15, -0.1) is 0 Å². The van der Waals surface area contributed by atoms with Crippen molar-refractivity contribution in [3.8, 4) is 0 Å². The monoisotopic (exact) mass is 327 g/mol. The van der Waals surface area contributed by atoms with E-state index in [0.717, 1.165) is 27.5 Å². The molecule has 0 saturated carbocycles. The second-order valence-corrected chi connectivity index (χ2v) is 5.79. The summed E-state index contributed by atoms with van der Waals surface area (Å²) < 4.78 is 3.15. The molecule has 2 nitrogen and oxygen atoms in total. The molecule has 2 aromatic carbocycles. The van der Waals surface area contributed by atoms with Crippen molar-refractivity contribution in [2.24, 2.45) is 0 Å². The van der Waals surface area contributed by atoms with Gasteiger partial charge in [-0.25, -0.2) is 0 Å². The van der Waals surface area contributed by atoms with Crippen molar-refractivity contribution in [3.63, 3.8) is 0 Å². The number of ketones is 1. The normalized spacial score (nSPS) is 10.9. The van der Waals surface area contributed by atoms with Gasteiger partial charge in [-0.1, -0.05) is 52.3 Å². The first-order valence-electron chi connectivity index (χ1n) is 6.48. The number of hydrogen-bond donors (Lipinski definition) is 0. The maximum absolute atomic E-state index is 11.8. The van der Waals surface area contributed by atoms with Crippen molar-refractivity contribution in [1.82, 2.24) is 4.57 Å². The molecule has 3 aromatic rings. The molecule has 1 heterocycles. The minimum atomic E-state index is 0.101. The fourth-order valence-corrected chi connectivity index (χ4v) is 2.81. The van der Waals surface area contributed by atoms with Crippen molar-refractivity contribution in [2.45, 2.75) is 13.5 Å². The van der Waals surface area contributed by atoms with E-state index in [4.69, 9.17) is 0 Å². The molecular formula is C17H14BrNO. The Morgan fingerprint density at radius 2 is 1.90 bits per heavy atom. The molecule has 20 heavy (non-hydrogen) atoms. The van der Waals surface area contributed by atoms with E-state index in [9.17, 15) is 4.79 Å². The van der Waals surface area contributed by atoms with Gasteiger partial charge in [0.1, 0.15) is 0 Å². The summed E-state index contributed by atoms with van der Waals surface area (Å²) in [5.74, 6) is 0.101. The van der Waals surface area contributed by atoms with Crippen LogP contribution in [-0.2, 0) is 6.54 Å². The maximum Gasteiger partial charge on any atom is 0.161 e. The summed E-state index contributed by atoms with van der Waals surface area (Å²) in [7, 11) is 0. The first-order valence-corrected chi connectivity index (χ1v) is 7.28. The minimum absolute atomic E-state index is 0.101. The smallest absolute Gasteiger partial charge is 0.161 e. The van der Waals surface area contributed by atoms with Crippen LogP contribution in [0.15, 0.2) is 59.2 Å². The highest BCUT2D eigenvalue weighted by molar-refractivity contribution is 9.10. The third kappa shape index (κ3) is 2.41. The van der Waals surface area contributed by atoms with Crippen molar-refractivity contribution in [3.05, 3.63) is 70.3 Å². The van der Waals surface area contributed by atoms with Crippen LogP contribution < -0.4 is 0 Å². The van der Waals surface area contributed by atoms with Gasteiger partial charge in [0.2, 0.25) is 0 Å². The lowest BCUT2D eigenvalue weighted by Crippen LogP contribution is -1.97. The Balaban J connectivity index is 2.15. The van der Waals surface area contributed by atoms with E-state index in [-0.39, 0.29) is 5.78 Å². The van der Waals surface area contributed by atoms with Crippen LogP contribution in [-0.4, -0.2) is 10.4 Å². The lowest BCUT2D eigenvalue weighted by molar-refractivity contribution is 0.101. The second kappa shape index (κ2) is 5.25. The van der Waals surface area contributed by atoms with Gasteiger partial charge in [-0.3, -0.25) is 4.79 Å². The van der Waals surface area contributed by atoms with Crippen LogP contribution >= 0.6 is 15.9 Å². The maximum atomic E-state index is 11.8. The van der Waals surface area contributed by atoms with Crippen LogP contribution in [0.3, 0.4) is 0 Å². The van der Waals surface area contributed by atoms with Gasteiger partial charge in [0.05, 0.1) is 5.52 Å². The molecule has 0 spiro atoms. The Labute approximate surface area is 126 Å². The summed E-state index contributed by atoms with van der Waals surface area (Å²) in [6.07, 6.45) is 1.95. The first kappa shape index (κ1) is 13.1. The topological polar surface area (TPSA) is 22.0 Å². The van der Waals surface area contributed by atoms with E-state index in [1.165, 1.54) is 5.56 Å². The van der Waals surface area contributed by atoms with E-state index < -0.39 is 0 Å². The van der Waals surface area contributed by atoms with Crippen molar-refractivity contribution < 1.29 is 4.79 Å². The van der Waals surface area contributed by atoms with Crippen molar-refractivity contribution in [2.75, 3.05) is 0 Å². The van der Waals surface area contributed by atoms with Crippen LogP contribution in [0.1, 0.15) is 22.8 Å². The number of aromatic nitrogens is 1. The molecular weight excluding hydrogens is 314 g/mol. The molecule has 100 valence electrons. The number of halogens is 1. The molecule has 0 atom stereocenters. The lowest BCUT2D eigenvalue weighted by Gasteiger charge is -2.05. The molecule has 0 N–H and O–H groups in total. The third-order valence-electron chi connectivity index (χ3n) is 3.42. The lowest BCUT2D eigenvalue weighted by atomic mass is 10.1. The zero-order valence-electron chi connectivity index (χ0n) is 11.1. The van der Waals surface area contributed by atoms with Gasteiger partial charge in [-0.2, -0.15) is 0 Å². The number of carbonyl (C=O) groups is 1. The summed E-state index contributed by atoms with van der Waals surface area (Å²) in [4.78, 5) is 11.8. The standard InChI is InChI=1S/C17H14BrNO/c1-12(20)16-11-19(10-13-5-3-2-4-6-13)17-9-14(18)7-8-15(16)17/h2-9,11H,10H2,1H3. The predicted molar refractivity (Wildman–Crippen MR) is 85.2 cm³/mol. The van der Waals surface area contributed by atoms with Gasteiger partial charge in [0.15, 0.2) is 5.78 Å². The van der Waals surface area contributed by atoms with Gasteiger partial charge < -0.3 is 4.57 Å². The number of fused-ring (bicyclic) bond motifs is 1. The van der Waals surface area contributed by atoms with E-state index in [0.29, 0.717) is 0 Å². The largest absolute Gasteiger partial charge is 0.342 e. The Morgan fingerprint density at radius 1 is 1.15 bits per heavy atom. The molecule has 0 amide bonds. The Kier molecular flexibility index (Phi) is 3.45. The van der Waals surface area contributed by atoms with E-state index in [2.05, 4.69) is 38.7 Å². The fourth-order valence-electron chi connectivity index (χ4n) is 2.46. The quantitative estimate of drug-likeness (QED) is 0.641. The molecule has 0 aliphatic rings. The molecule has 0 aliphatic heterocycles. The van der Waals surface area contributed by atoms with Crippen molar-refractivity contribution >= 4 is 32.6 Å². The summed E-state index contributed by atoms with van der Waals surface area (Å²) >= 11 is 3.50. The molecule has 0 unspecified atom stereocenters. The number of hydrogen-bond acceptors (Lipinski definition) is 1. The highest BCUT2D eigenvalue weighted by Gasteiger charge is 2.12. The molecule has 0 bridgehead atoms. The number of benzene rings is 2. The minimum Gasteiger partial charge on any atom is -0.342 e. The molecule has 1 aromatic heterocycles. The first-order chi connectivity index (χ1) is 9.65. The summed E-state index contributed by atoms with van der Waals surface area (Å²) in [6.45, 7) is 2.38. The molecule has 0 fully saturated rings. The number of Topliss-reactive ketones (excluding diaryl/α,β-unsaturated/α-hetero) is 1. The molecule has 0 saturated heterocycles. The molecule has 3 rings (SSSR count). The van der Waals surface area contributed by atoms with E-state index in [1.807, 2.05) is 36.5 Å². The van der Waals surface area contributed by atoms with Crippen LogP contribution in [0.25, 0.3) is 10.9 Å². The highest BCUT2D eigenvalue weighted by Crippen LogP contribution is 2.26. The molecule has 0 aliphatic carbocycles. The Hall–Kier alpha value is -1.87. The summed E-state index contributed by atoms with van der Waals surface area (Å²) in [6, 6.07) is 16.3. The van der Waals surface area contributed by atoms with Crippen LogP contribution in [0.5, 0.6) is 0 Å². The molecule has 0 radical (unpaired) electrons. The van der Waals surface area contributed by atoms with Gasteiger partial charge >= 0.3 is 0 Å². The van der Waals surface area contributed by atoms with E-state index in [1.54, 1.807) is 6.92 Å². The third-order valence-corrected chi connectivity index (χ3v) is 3.91. The zero-order valence-corrected chi connectivity index (χ0v) is 12.7. The summed E-state index contributed by atoms with van der Waals surface area (Å²) in [5, 5.41) is 1.01. The zero-order chi connectivity index (χ0) is 14.1. The highest BCUT2D eigenvalue weighted by atomic mass is 79.9. The van der Waals surface area contributed by atoms with Crippen LogP contribution in [0.2, 0.25) is 0 Å². The predicted octanol–water partition coefficient (Wildman–Crippen LogP) is 4.65. The van der Waals surface area contributed by atoms with Crippen LogP contribution in [0, 0.1) is 0 Å². The van der Waals surface area contributed by atoms with Crippen LogP contribution in [0.4, 0.5) is 0 Å². The number of rotatable bonds is 3. The van der Waals surface area contributed by atoms with Gasteiger partial charge in [-0.05, 0) is 24.6 Å². The Bertz CT molecular complexity index is 774. The fraction of sp³-hybridized carbons (Fsp3) is 0.118. The van der Waals surface area contributed by atoms with Crippen molar-refractivity contribution in [1.29, 1.82) is 0 Å². The van der Waals surface area contributed by atoms with E-state index >= 15 is 0 Å². The number of nitrogens with zero attached hydrogens (tertiary/aromatic N) is 1. The second-order valence-electron chi connectivity index (χ2n) is 4.87. The number of carbonyl (C=O) groups excluding carboxylic acids is 1. The summed E-state index contributed by atoms with van der Waals surface area (Å²) in [5.41, 5.74) is 3.08. The SMILES string of the molecule is CC(=O)c1cn(Cc2ccccc2)c2cc(Br)ccc12. The Morgan fingerprint density at radius 3 is 2.60 bits per heavy atom. The average molecular weight is 328 g/mol. The van der Waals surface area contributed by atoms with Gasteiger partial charge in [0, 0.05) is 28.2 Å². The molecule has 3 heteroatoms. The average Bonchev–Trinajstić information content (AvgIpc) is 2.78.